The van der Waals surface area contributed by atoms with Gasteiger partial charge in [0.05, 0.1) is 11.3 Å². The molecule has 0 aliphatic heterocycles. The minimum atomic E-state index is -4.43. The summed E-state index contributed by atoms with van der Waals surface area (Å²) in [5.41, 5.74) is -0.491. The minimum absolute atomic E-state index is 0.0210. The van der Waals surface area contributed by atoms with Gasteiger partial charge in [0, 0.05) is 6.04 Å². The van der Waals surface area contributed by atoms with Gasteiger partial charge >= 0.3 is 6.18 Å². The number of rotatable bonds is 6. The third-order valence-corrected chi connectivity index (χ3v) is 4.38. The van der Waals surface area contributed by atoms with Gasteiger partial charge < -0.3 is 0 Å². The summed E-state index contributed by atoms with van der Waals surface area (Å²) in [7, 11) is -3.47. The van der Waals surface area contributed by atoms with Crippen molar-refractivity contribution in [2.24, 2.45) is 0 Å². The Kier molecular flexibility index (Phi) is 5.59. The molecule has 1 aromatic rings. The summed E-state index contributed by atoms with van der Waals surface area (Å²) in [4.78, 5) is 0. The van der Waals surface area contributed by atoms with Crippen LogP contribution in [0.2, 0.25) is 0 Å². The Balaban J connectivity index is 2.85. The lowest BCUT2D eigenvalue weighted by Crippen LogP contribution is -2.29. The quantitative estimate of drug-likeness (QED) is 0.874. The van der Waals surface area contributed by atoms with Crippen LogP contribution >= 0.6 is 0 Å². The SMILES string of the molecule is CCCCS(=O)(=O)N[C@@H](C)c1cccc(C(F)(F)F)c1. The highest BCUT2D eigenvalue weighted by Gasteiger charge is 2.30. The van der Waals surface area contributed by atoms with Crippen LogP contribution in [0, 0.1) is 0 Å². The zero-order valence-electron chi connectivity index (χ0n) is 11.4. The molecular weight excluding hydrogens is 291 g/mol. The first-order valence-electron chi connectivity index (χ1n) is 6.33. The molecule has 1 N–H and O–H groups in total. The van der Waals surface area contributed by atoms with Gasteiger partial charge in [0.25, 0.3) is 0 Å². The Morgan fingerprint density at radius 3 is 2.50 bits per heavy atom. The lowest BCUT2D eigenvalue weighted by molar-refractivity contribution is -0.137. The van der Waals surface area contributed by atoms with Crippen LogP contribution in [0.1, 0.15) is 43.9 Å². The van der Waals surface area contributed by atoms with Gasteiger partial charge in [-0.3, -0.25) is 0 Å². The number of unbranched alkanes of at least 4 members (excludes halogenated alkanes) is 1. The molecular formula is C13H18F3NO2S. The van der Waals surface area contributed by atoms with Crippen molar-refractivity contribution in [2.75, 3.05) is 5.75 Å². The normalized spacial score (nSPS) is 14.2. The lowest BCUT2D eigenvalue weighted by Gasteiger charge is -2.16. The van der Waals surface area contributed by atoms with E-state index in [4.69, 9.17) is 0 Å². The maximum Gasteiger partial charge on any atom is 0.416 e. The maximum atomic E-state index is 12.6. The minimum Gasteiger partial charge on any atom is -0.212 e. The van der Waals surface area contributed by atoms with E-state index in [-0.39, 0.29) is 5.75 Å². The van der Waals surface area contributed by atoms with Crippen LogP contribution in [0.15, 0.2) is 24.3 Å². The standard InChI is InChI=1S/C13H18F3NO2S/c1-3-4-8-20(18,19)17-10(2)11-6-5-7-12(9-11)13(14,15)16/h5-7,9-10,17H,3-4,8H2,1-2H3/t10-/m0/s1. The van der Waals surface area contributed by atoms with E-state index >= 15 is 0 Å². The average molecular weight is 309 g/mol. The van der Waals surface area contributed by atoms with Crippen molar-refractivity contribution in [1.29, 1.82) is 0 Å². The zero-order chi connectivity index (χ0) is 15.4. The van der Waals surface area contributed by atoms with Crippen LogP contribution in [-0.4, -0.2) is 14.2 Å². The fraction of sp³-hybridized carbons (Fsp3) is 0.538. The predicted molar refractivity (Wildman–Crippen MR) is 71.7 cm³/mol. The molecule has 1 atom stereocenters. The van der Waals surface area contributed by atoms with Gasteiger partial charge in [-0.15, -0.1) is 0 Å². The van der Waals surface area contributed by atoms with E-state index in [0.717, 1.165) is 18.6 Å². The summed E-state index contributed by atoms with van der Waals surface area (Å²) in [6.45, 7) is 3.39. The topological polar surface area (TPSA) is 46.2 Å². The molecule has 0 saturated carbocycles. The van der Waals surface area contributed by atoms with Crippen LogP contribution in [0.3, 0.4) is 0 Å². The Bertz CT molecular complexity index is 541. The van der Waals surface area contributed by atoms with E-state index in [1.165, 1.54) is 19.1 Å². The second kappa shape index (κ2) is 6.58. The zero-order valence-corrected chi connectivity index (χ0v) is 12.2. The largest absolute Gasteiger partial charge is 0.416 e. The summed E-state index contributed by atoms with van der Waals surface area (Å²) < 4.78 is 63.6. The number of benzene rings is 1. The maximum absolute atomic E-state index is 12.6. The van der Waals surface area contributed by atoms with Gasteiger partial charge in [0.15, 0.2) is 0 Å². The monoisotopic (exact) mass is 309 g/mol. The molecule has 0 radical (unpaired) electrons. The number of alkyl halides is 3. The molecule has 0 saturated heterocycles. The van der Waals surface area contributed by atoms with E-state index < -0.39 is 27.8 Å². The first kappa shape index (κ1) is 17.0. The van der Waals surface area contributed by atoms with Gasteiger partial charge in [0.1, 0.15) is 0 Å². The molecule has 0 bridgehead atoms. The average Bonchev–Trinajstić information content (AvgIpc) is 2.35. The van der Waals surface area contributed by atoms with Crippen molar-refractivity contribution in [3.8, 4) is 0 Å². The second-order valence-corrected chi connectivity index (χ2v) is 6.51. The number of sulfonamides is 1. The molecule has 0 aliphatic carbocycles. The summed E-state index contributed by atoms with van der Waals surface area (Å²) in [6, 6.07) is 3.98. The number of hydrogen-bond acceptors (Lipinski definition) is 2. The Morgan fingerprint density at radius 1 is 1.30 bits per heavy atom. The lowest BCUT2D eigenvalue weighted by atomic mass is 10.1. The second-order valence-electron chi connectivity index (χ2n) is 4.64. The van der Waals surface area contributed by atoms with E-state index in [9.17, 15) is 21.6 Å². The molecule has 0 fully saturated rings. The highest BCUT2D eigenvalue weighted by Crippen LogP contribution is 2.30. The fourth-order valence-corrected chi connectivity index (χ4v) is 3.18. The first-order chi connectivity index (χ1) is 9.15. The van der Waals surface area contributed by atoms with Crippen LogP contribution in [0.25, 0.3) is 0 Å². The van der Waals surface area contributed by atoms with E-state index in [1.54, 1.807) is 0 Å². The van der Waals surface area contributed by atoms with Crippen LogP contribution in [0.5, 0.6) is 0 Å². The van der Waals surface area contributed by atoms with Crippen LogP contribution < -0.4 is 4.72 Å². The van der Waals surface area contributed by atoms with Crippen molar-refractivity contribution in [2.45, 2.75) is 38.9 Å². The van der Waals surface area contributed by atoms with Gasteiger partial charge in [0.2, 0.25) is 10.0 Å². The molecule has 0 aliphatic rings. The summed E-state index contributed by atoms with van der Waals surface area (Å²) in [5.74, 6) is -0.0210. The van der Waals surface area contributed by atoms with Crippen LogP contribution in [0.4, 0.5) is 13.2 Å². The molecule has 3 nitrogen and oxygen atoms in total. The summed E-state index contributed by atoms with van der Waals surface area (Å²) in [5, 5.41) is 0. The van der Waals surface area contributed by atoms with Crippen molar-refractivity contribution in [3.05, 3.63) is 35.4 Å². The number of nitrogens with one attached hydrogen (secondary N) is 1. The molecule has 20 heavy (non-hydrogen) atoms. The molecule has 0 unspecified atom stereocenters. The Hall–Kier alpha value is -1.08. The van der Waals surface area contributed by atoms with E-state index in [2.05, 4.69) is 4.72 Å². The van der Waals surface area contributed by atoms with E-state index in [1.807, 2.05) is 6.92 Å². The molecule has 114 valence electrons. The third kappa shape index (κ3) is 5.13. The highest BCUT2D eigenvalue weighted by molar-refractivity contribution is 7.89. The predicted octanol–water partition coefficient (Wildman–Crippen LogP) is 3.49. The molecule has 0 spiro atoms. The number of hydrogen-bond donors (Lipinski definition) is 1. The first-order valence-corrected chi connectivity index (χ1v) is 7.98. The van der Waals surface area contributed by atoms with E-state index in [0.29, 0.717) is 12.0 Å². The molecule has 1 aromatic carbocycles. The number of halogens is 3. The van der Waals surface area contributed by atoms with Gasteiger partial charge in [-0.1, -0.05) is 25.5 Å². The van der Waals surface area contributed by atoms with Crippen LogP contribution in [-0.2, 0) is 16.2 Å². The fourth-order valence-electron chi connectivity index (χ4n) is 1.71. The molecule has 0 heterocycles. The summed E-state index contributed by atoms with van der Waals surface area (Å²) >= 11 is 0. The highest BCUT2D eigenvalue weighted by atomic mass is 32.2. The molecule has 1 rings (SSSR count). The smallest absolute Gasteiger partial charge is 0.212 e. The molecule has 0 amide bonds. The van der Waals surface area contributed by atoms with Crippen molar-refractivity contribution >= 4 is 10.0 Å². The molecule has 0 aromatic heterocycles. The van der Waals surface area contributed by atoms with Gasteiger partial charge in [-0.25, -0.2) is 13.1 Å². The van der Waals surface area contributed by atoms with Crippen molar-refractivity contribution < 1.29 is 21.6 Å². The third-order valence-electron chi connectivity index (χ3n) is 2.84. The van der Waals surface area contributed by atoms with Crippen molar-refractivity contribution in [3.63, 3.8) is 0 Å². The summed E-state index contributed by atoms with van der Waals surface area (Å²) in [6.07, 6.45) is -3.18. The Labute approximate surface area is 117 Å². The molecule has 7 heteroatoms. The van der Waals surface area contributed by atoms with Gasteiger partial charge in [-0.05, 0) is 31.0 Å². The Morgan fingerprint density at radius 2 is 1.95 bits per heavy atom. The van der Waals surface area contributed by atoms with Gasteiger partial charge in [-0.2, -0.15) is 13.2 Å². The van der Waals surface area contributed by atoms with Crippen molar-refractivity contribution in [1.82, 2.24) is 4.72 Å².